The van der Waals surface area contributed by atoms with E-state index in [1.54, 1.807) is 0 Å². The van der Waals surface area contributed by atoms with E-state index in [0.717, 1.165) is 17.8 Å². The van der Waals surface area contributed by atoms with Gasteiger partial charge in [0.05, 0.1) is 0 Å². The fraction of sp³-hybridized carbons (Fsp3) is 1.00. The molecule has 1 heteroatoms. The zero-order valence-electron chi connectivity index (χ0n) is 10.1. The lowest BCUT2D eigenvalue weighted by Gasteiger charge is -2.24. The third-order valence-electron chi connectivity index (χ3n) is 2.93. The van der Waals surface area contributed by atoms with Crippen LogP contribution in [0.3, 0.4) is 0 Å². The third-order valence-corrected chi connectivity index (χ3v) is 2.93. The lowest BCUT2D eigenvalue weighted by Crippen LogP contribution is -2.16. The Morgan fingerprint density at radius 2 is 1.46 bits per heavy atom. The molecule has 0 radical (unpaired) electrons. The number of nitrogens with one attached hydrogen (secondary N) is 1. The minimum Gasteiger partial charge on any atom is -0.320 e. The highest BCUT2D eigenvalue weighted by Gasteiger charge is 2.16. The second kappa shape index (κ2) is 7.37. The van der Waals surface area contributed by atoms with Crippen molar-refractivity contribution >= 4 is 0 Å². The zero-order valence-corrected chi connectivity index (χ0v) is 10.1. The summed E-state index contributed by atoms with van der Waals surface area (Å²) in [5, 5.41) is 3.20. The average Bonchev–Trinajstić information content (AvgIpc) is 2.02. The Morgan fingerprint density at radius 3 is 1.85 bits per heavy atom. The molecule has 0 heterocycles. The standard InChI is InChI=1S/C12H27N/c1-10(2)12(11(3)4)8-6-7-9-13-5/h10-13H,6-9H2,1-5H3. The van der Waals surface area contributed by atoms with E-state index in [1.165, 1.54) is 25.8 Å². The van der Waals surface area contributed by atoms with Crippen molar-refractivity contribution in [3.8, 4) is 0 Å². The predicted octanol–water partition coefficient (Wildman–Crippen LogP) is 3.30. The van der Waals surface area contributed by atoms with Crippen molar-refractivity contribution in [2.75, 3.05) is 13.6 Å². The maximum Gasteiger partial charge on any atom is -0.00519 e. The Morgan fingerprint density at radius 1 is 0.923 bits per heavy atom. The highest BCUT2D eigenvalue weighted by molar-refractivity contribution is 4.66. The van der Waals surface area contributed by atoms with Gasteiger partial charge >= 0.3 is 0 Å². The summed E-state index contributed by atoms with van der Waals surface area (Å²) in [5.41, 5.74) is 0. The molecule has 0 aromatic heterocycles. The quantitative estimate of drug-likeness (QED) is 0.600. The van der Waals surface area contributed by atoms with Gasteiger partial charge in [-0.3, -0.25) is 0 Å². The van der Waals surface area contributed by atoms with E-state index in [-0.39, 0.29) is 0 Å². The lowest BCUT2D eigenvalue weighted by molar-refractivity contribution is 0.262. The van der Waals surface area contributed by atoms with Crippen LogP contribution in [0.1, 0.15) is 47.0 Å². The fourth-order valence-corrected chi connectivity index (χ4v) is 2.12. The molecule has 0 aliphatic carbocycles. The molecule has 0 aliphatic rings. The summed E-state index contributed by atoms with van der Waals surface area (Å²) in [4.78, 5) is 0. The zero-order chi connectivity index (χ0) is 10.3. The molecule has 0 bridgehead atoms. The van der Waals surface area contributed by atoms with Crippen molar-refractivity contribution < 1.29 is 0 Å². The van der Waals surface area contributed by atoms with Crippen LogP contribution in [-0.2, 0) is 0 Å². The van der Waals surface area contributed by atoms with Gasteiger partial charge in [-0.25, -0.2) is 0 Å². The number of hydrogen-bond acceptors (Lipinski definition) is 1. The van der Waals surface area contributed by atoms with Crippen molar-refractivity contribution in [3.63, 3.8) is 0 Å². The van der Waals surface area contributed by atoms with Crippen molar-refractivity contribution in [2.45, 2.75) is 47.0 Å². The molecule has 0 amide bonds. The van der Waals surface area contributed by atoms with Crippen LogP contribution in [0, 0.1) is 17.8 Å². The van der Waals surface area contributed by atoms with E-state index >= 15 is 0 Å². The molecular formula is C12H27N. The van der Waals surface area contributed by atoms with Crippen LogP contribution in [0.25, 0.3) is 0 Å². The summed E-state index contributed by atoms with van der Waals surface area (Å²) >= 11 is 0. The smallest absolute Gasteiger partial charge is 0.00519 e. The predicted molar refractivity (Wildman–Crippen MR) is 60.9 cm³/mol. The third kappa shape index (κ3) is 6.09. The molecule has 0 fully saturated rings. The van der Waals surface area contributed by atoms with Gasteiger partial charge in [0.15, 0.2) is 0 Å². The van der Waals surface area contributed by atoms with E-state index in [0.29, 0.717) is 0 Å². The van der Waals surface area contributed by atoms with Crippen LogP contribution < -0.4 is 5.32 Å². The minimum absolute atomic E-state index is 0.842. The highest BCUT2D eigenvalue weighted by Crippen LogP contribution is 2.25. The first-order valence-corrected chi connectivity index (χ1v) is 5.74. The SMILES string of the molecule is CNCCCCC(C(C)C)C(C)C. The minimum atomic E-state index is 0.842. The monoisotopic (exact) mass is 185 g/mol. The molecule has 13 heavy (non-hydrogen) atoms. The Bertz CT molecular complexity index is 99.7. The van der Waals surface area contributed by atoms with Gasteiger partial charge < -0.3 is 5.32 Å². The van der Waals surface area contributed by atoms with Crippen LogP contribution in [0.2, 0.25) is 0 Å². The van der Waals surface area contributed by atoms with Crippen LogP contribution >= 0.6 is 0 Å². The molecule has 80 valence electrons. The lowest BCUT2D eigenvalue weighted by atomic mass is 9.82. The normalized spacial score (nSPS) is 12.0. The van der Waals surface area contributed by atoms with Gasteiger partial charge in [0.2, 0.25) is 0 Å². The first kappa shape index (κ1) is 13.0. The largest absolute Gasteiger partial charge is 0.320 e. The first-order valence-electron chi connectivity index (χ1n) is 5.74. The summed E-state index contributed by atoms with van der Waals surface area (Å²) in [6.07, 6.45) is 4.10. The van der Waals surface area contributed by atoms with Crippen molar-refractivity contribution in [3.05, 3.63) is 0 Å². The highest BCUT2D eigenvalue weighted by atomic mass is 14.8. The molecule has 0 rings (SSSR count). The Balaban J connectivity index is 3.58. The average molecular weight is 185 g/mol. The van der Waals surface area contributed by atoms with Crippen LogP contribution in [0.5, 0.6) is 0 Å². The van der Waals surface area contributed by atoms with Gasteiger partial charge in [-0.15, -0.1) is 0 Å². The molecule has 0 unspecified atom stereocenters. The molecule has 0 aromatic carbocycles. The number of hydrogen-bond donors (Lipinski definition) is 1. The summed E-state index contributed by atoms with van der Waals surface area (Å²) in [6, 6.07) is 0. The Labute approximate surface area is 84.3 Å². The Kier molecular flexibility index (Phi) is 7.35. The van der Waals surface area contributed by atoms with Crippen molar-refractivity contribution in [2.24, 2.45) is 17.8 Å². The molecule has 0 saturated carbocycles. The van der Waals surface area contributed by atoms with Crippen LogP contribution in [0.15, 0.2) is 0 Å². The molecule has 1 N–H and O–H groups in total. The van der Waals surface area contributed by atoms with E-state index in [2.05, 4.69) is 33.0 Å². The number of unbranched alkanes of at least 4 members (excludes halogenated alkanes) is 1. The van der Waals surface area contributed by atoms with Gasteiger partial charge in [-0.05, 0) is 44.2 Å². The Hall–Kier alpha value is -0.0400. The van der Waals surface area contributed by atoms with Crippen molar-refractivity contribution in [1.82, 2.24) is 5.32 Å². The summed E-state index contributed by atoms with van der Waals surface area (Å²) in [6.45, 7) is 10.6. The summed E-state index contributed by atoms with van der Waals surface area (Å²) < 4.78 is 0. The second-order valence-electron chi connectivity index (χ2n) is 4.75. The molecule has 0 aliphatic heterocycles. The molecule has 1 nitrogen and oxygen atoms in total. The van der Waals surface area contributed by atoms with E-state index in [4.69, 9.17) is 0 Å². The van der Waals surface area contributed by atoms with Gasteiger partial charge in [0, 0.05) is 0 Å². The first-order chi connectivity index (χ1) is 6.09. The van der Waals surface area contributed by atoms with E-state index < -0.39 is 0 Å². The topological polar surface area (TPSA) is 12.0 Å². The van der Waals surface area contributed by atoms with Gasteiger partial charge in [0.25, 0.3) is 0 Å². The maximum atomic E-state index is 3.20. The molecule has 0 atom stereocenters. The van der Waals surface area contributed by atoms with Crippen molar-refractivity contribution in [1.29, 1.82) is 0 Å². The fourth-order valence-electron chi connectivity index (χ4n) is 2.12. The summed E-state index contributed by atoms with van der Waals surface area (Å²) in [7, 11) is 2.03. The summed E-state index contributed by atoms with van der Waals surface area (Å²) in [5.74, 6) is 2.60. The van der Waals surface area contributed by atoms with Crippen LogP contribution in [0.4, 0.5) is 0 Å². The van der Waals surface area contributed by atoms with E-state index in [1.807, 2.05) is 7.05 Å². The number of rotatable bonds is 7. The second-order valence-corrected chi connectivity index (χ2v) is 4.75. The van der Waals surface area contributed by atoms with Gasteiger partial charge in [-0.2, -0.15) is 0 Å². The molecule has 0 saturated heterocycles. The van der Waals surface area contributed by atoms with Crippen LogP contribution in [-0.4, -0.2) is 13.6 Å². The van der Waals surface area contributed by atoms with E-state index in [9.17, 15) is 0 Å². The maximum absolute atomic E-state index is 3.20. The molecule has 0 spiro atoms. The van der Waals surface area contributed by atoms with Gasteiger partial charge in [-0.1, -0.05) is 34.1 Å². The molecular weight excluding hydrogens is 158 g/mol. The van der Waals surface area contributed by atoms with Gasteiger partial charge in [0.1, 0.15) is 0 Å². The molecule has 0 aromatic rings.